The number of aryl methyl sites for hydroxylation is 1. The Hall–Kier alpha value is -1.41. The minimum Gasteiger partial charge on any atom is -0.387 e. The van der Waals surface area contributed by atoms with Crippen molar-refractivity contribution in [2.45, 2.75) is 18.7 Å². The highest BCUT2D eigenvalue weighted by Gasteiger charge is 2.25. The normalized spacial score (nSPS) is 12.6. The smallest absolute Gasteiger partial charge is 0.243 e. The molecule has 0 spiro atoms. The van der Waals surface area contributed by atoms with Crippen molar-refractivity contribution < 1.29 is 8.42 Å². The summed E-state index contributed by atoms with van der Waals surface area (Å²) in [5, 5.41) is 11.1. The van der Waals surface area contributed by atoms with E-state index in [0.29, 0.717) is 0 Å². The van der Waals surface area contributed by atoms with Crippen LogP contribution in [-0.2, 0) is 17.1 Å². The first-order valence-electron chi connectivity index (χ1n) is 4.98. The molecule has 0 aliphatic carbocycles. The molecule has 0 aromatic carbocycles. The van der Waals surface area contributed by atoms with Gasteiger partial charge in [-0.3, -0.25) is 10.1 Å². The van der Waals surface area contributed by atoms with Gasteiger partial charge < -0.3 is 5.73 Å². The Morgan fingerprint density at radius 3 is 2.65 bits per heavy atom. The standard InChI is InChI=1S/C9H17N5O2S/c1-9(2,8(10)11)6-13-17(15,16)7-4-12-14(3)5-7/h4-5,13H,6H2,1-3H3,(H3,10,11). The molecule has 0 radical (unpaired) electrons. The van der Waals surface area contributed by atoms with Gasteiger partial charge in [0.05, 0.1) is 12.0 Å². The molecule has 96 valence electrons. The molecule has 0 unspecified atom stereocenters. The maximum atomic E-state index is 11.8. The number of nitrogens with zero attached hydrogens (tertiary/aromatic N) is 2. The van der Waals surface area contributed by atoms with E-state index in [1.54, 1.807) is 20.9 Å². The van der Waals surface area contributed by atoms with Crippen LogP contribution in [0.2, 0.25) is 0 Å². The molecule has 1 aromatic rings. The molecule has 0 atom stereocenters. The van der Waals surface area contributed by atoms with Crippen molar-refractivity contribution in [3.05, 3.63) is 12.4 Å². The lowest BCUT2D eigenvalue weighted by Gasteiger charge is -2.22. The molecule has 0 saturated carbocycles. The van der Waals surface area contributed by atoms with Gasteiger partial charge in [-0.15, -0.1) is 0 Å². The van der Waals surface area contributed by atoms with Crippen molar-refractivity contribution in [2.75, 3.05) is 6.54 Å². The van der Waals surface area contributed by atoms with Crippen LogP contribution in [0.5, 0.6) is 0 Å². The lowest BCUT2D eigenvalue weighted by atomic mass is 9.93. The van der Waals surface area contributed by atoms with Gasteiger partial charge in [-0.05, 0) is 0 Å². The zero-order valence-corrected chi connectivity index (χ0v) is 10.9. The van der Waals surface area contributed by atoms with Crippen LogP contribution in [-0.4, -0.2) is 30.6 Å². The van der Waals surface area contributed by atoms with E-state index in [2.05, 4.69) is 9.82 Å². The lowest BCUT2D eigenvalue weighted by Crippen LogP contribution is -2.41. The quantitative estimate of drug-likeness (QED) is 0.495. The summed E-state index contributed by atoms with van der Waals surface area (Å²) < 4.78 is 27.5. The van der Waals surface area contributed by atoms with Gasteiger partial charge in [0.1, 0.15) is 4.90 Å². The maximum Gasteiger partial charge on any atom is 0.243 e. The first kappa shape index (κ1) is 13.7. The zero-order valence-electron chi connectivity index (χ0n) is 10.1. The summed E-state index contributed by atoms with van der Waals surface area (Å²) >= 11 is 0. The Kier molecular flexibility index (Phi) is 3.58. The Labute approximate surface area is 101 Å². The van der Waals surface area contributed by atoms with E-state index < -0.39 is 15.4 Å². The molecule has 1 rings (SSSR count). The second kappa shape index (κ2) is 4.46. The number of aromatic nitrogens is 2. The summed E-state index contributed by atoms with van der Waals surface area (Å²) in [7, 11) is -1.95. The molecule has 4 N–H and O–H groups in total. The van der Waals surface area contributed by atoms with Gasteiger partial charge in [0.15, 0.2) is 0 Å². The van der Waals surface area contributed by atoms with Crippen LogP contribution in [0.25, 0.3) is 0 Å². The monoisotopic (exact) mass is 259 g/mol. The number of nitrogens with two attached hydrogens (primary N) is 1. The summed E-state index contributed by atoms with van der Waals surface area (Å²) in [6.07, 6.45) is 2.67. The molecule has 7 nitrogen and oxygen atoms in total. The van der Waals surface area contributed by atoms with Crippen LogP contribution in [0.3, 0.4) is 0 Å². The molecule has 0 saturated heterocycles. The second-order valence-electron chi connectivity index (χ2n) is 4.47. The first-order valence-corrected chi connectivity index (χ1v) is 6.46. The fourth-order valence-corrected chi connectivity index (χ4v) is 2.19. The highest BCUT2D eigenvalue weighted by molar-refractivity contribution is 7.89. The van der Waals surface area contributed by atoms with E-state index in [0.717, 1.165) is 0 Å². The largest absolute Gasteiger partial charge is 0.387 e. The number of hydrogen-bond donors (Lipinski definition) is 3. The second-order valence-corrected chi connectivity index (χ2v) is 6.24. The van der Waals surface area contributed by atoms with Crippen LogP contribution in [0.15, 0.2) is 17.3 Å². The first-order chi connectivity index (χ1) is 7.65. The Morgan fingerprint density at radius 1 is 1.65 bits per heavy atom. The molecule has 0 fully saturated rings. The van der Waals surface area contributed by atoms with Gasteiger partial charge in [0.2, 0.25) is 10.0 Å². The predicted molar refractivity (Wildman–Crippen MR) is 64.1 cm³/mol. The van der Waals surface area contributed by atoms with Gasteiger partial charge in [-0.1, -0.05) is 13.8 Å². The third-order valence-electron chi connectivity index (χ3n) is 2.42. The van der Waals surface area contributed by atoms with Crippen LogP contribution >= 0.6 is 0 Å². The summed E-state index contributed by atoms with van der Waals surface area (Å²) in [6, 6.07) is 0. The Balaban J connectivity index is 2.79. The highest BCUT2D eigenvalue weighted by Crippen LogP contribution is 2.14. The fourth-order valence-electron chi connectivity index (χ4n) is 0.992. The van der Waals surface area contributed by atoms with E-state index in [1.807, 2.05) is 0 Å². The van der Waals surface area contributed by atoms with Crippen LogP contribution in [0.4, 0.5) is 0 Å². The van der Waals surface area contributed by atoms with Crippen LogP contribution < -0.4 is 10.5 Å². The van der Waals surface area contributed by atoms with E-state index in [4.69, 9.17) is 11.1 Å². The summed E-state index contributed by atoms with van der Waals surface area (Å²) in [6.45, 7) is 3.46. The number of amidine groups is 1. The predicted octanol–water partition coefficient (Wildman–Crippen LogP) is -0.339. The van der Waals surface area contributed by atoms with Crippen molar-refractivity contribution in [1.29, 1.82) is 5.41 Å². The van der Waals surface area contributed by atoms with Gasteiger partial charge in [-0.25, -0.2) is 13.1 Å². The van der Waals surface area contributed by atoms with E-state index in [9.17, 15) is 8.42 Å². The minimum atomic E-state index is -3.59. The topological polar surface area (TPSA) is 114 Å². The summed E-state index contributed by atoms with van der Waals surface area (Å²) in [5.41, 5.74) is 4.66. The SMILES string of the molecule is Cn1cc(S(=O)(=O)NCC(C)(C)C(=N)N)cn1. The van der Waals surface area contributed by atoms with Crippen molar-refractivity contribution >= 4 is 15.9 Å². The van der Waals surface area contributed by atoms with Crippen LogP contribution in [0.1, 0.15) is 13.8 Å². The minimum absolute atomic E-state index is 0.0635. The molecule has 1 aromatic heterocycles. The van der Waals surface area contributed by atoms with Gasteiger partial charge in [0.25, 0.3) is 0 Å². The van der Waals surface area contributed by atoms with Crippen molar-refractivity contribution in [2.24, 2.45) is 18.2 Å². The summed E-state index contributed by atoms with van der Waals surface area (Å²) in [4.78, 5) is 0.0966. The van der Waals surface area contributed by atoms with E-state index in [1.165, 1.54) is 17.1 Å². The average Bonchev–Trinajstić information content (AvgIpc) is 2.63. The molecule has 8 heteroatoms. The molecule has 17 heavy (non-hydrogen) atoms. The fraction of sp³-hybridized carbons (Fsp3) is 0.556. The zero-order chi connectivity index (χ0) is 13.3. The lowest BCUT2D eigenvalue weighted by molar-refractivity contribution is 0.493. The van der Waals surface area contributed by atoms with Crippen molar-refractivity contribution in [1.82, 2.24) is 14.5 Å². The summed E-state index contributed by atoms with van der Waals surface area (Å²) in [5.74, 6) is -0.0635. The molecular formula is C9H17N5O2S. The Morgan fingerprint density at radius 2 is 2.24 bits per heavy atom. The van der Waals surface area contributed by atoms with Gasteiger partial charge in [0, 0.05) is 25.2 Å². The number of hydrogen-bond acceptors (Lipinski definition) is 4. The Bertz CT molecular complexity index is 517. The number of nitrogens with one attached hydrogen (secondary N) is 2. The molecule has 0 bridgehead atoms. The molecular weight excluding hydrogens is 242 g/mol. The molecule has 0 amide bonds. The van der Waals surface area contributed by atoms with Crippen LogP contribution in [0, 0.1) is 10.8 Å². The van der Waals surface area contributed by atoms with Crippen molar-refractivity contribution in [3.63, 3.8) is 0 Å². The average molecular weight is 259 g/mol. The molecule has 0 aliphatic heterocycles. The van der Waals surface area contributed by atoms with Gasteiger partial charge in [-0.2, -0.15) is 5.10 Å². The maximum absolute atomic E-state index is 11.8. The number of rotatable bonds is 5. The molecule has 1 heterocycles. The van der Waals surface area contributed by atoms with E-state index in [-0.39, 0.29) is 17.3 Å². The third-order valence-corrected chi connectivity index (χ3v) is 3.78. The van der Waals surface area contributed by atoms with Crippen molar-refractivity contribution in [3.8, 4) is 0 Å². The highest BCUT2D eigenvalue weighted by atomic mass is 32.2. The van der Waals surface area contributed by atoms with E-state index >= 15 is 0 Å². The number of sulfonamides is 1. The third kappa shape index (κ3) is 3.27. The molecule has 0 aliphatic rings. The van der Waals surface area contributed by atoms with Gasteiger partial charge >= 0.3 is 0 Å².